The second-order valence-electron chi connectivity index (χ2n) is 2.20. The van der Waals surface area contributed by atoms with Crippen LogP contribution in [0, 0.1) is 0 Å². The van der Waals surface area contributed by atoms with E-state index < -0.39 is 13.1 Å². The van der Waals surface area contributed by atoms with Crippen molar-refractivity contribution in [2.75, 3.05) is 7.11 Å². The van der Waals surface area contributed by atoms with Crippen LogP contribution in [0.15, 0.2) is 6.07 Å². The van der Waals surface area contributed by atoms with Crippen LogP contribution in [0.3, 0.4) is 0 Å². The number of hydrogen-bond acceptors (Lipinski definition) is 5. The number of ether oxygens (including phenoxy) is 1. The summed E-state index contributed by atoms with van der Waals surface area (Å²) in [5, 5.41) is 17.7. The van der Waals surface area contributed by atoms with Crippen LogP contribution in [0.5, 0.6) is 0 Å². The van der Waals surface area contributed by atoms with Gasteiger partial charge in [-0.3, -0.25) is 0 Å². The molecule has 1 heterocycles. The Labute approximate surface area is 83.9 Å². The predicted molar refractivity (Wildman–Crippen MR) is 50.5 cm³/mol. The molecule has 0 saturated heterocycles. The Morgan fingerprint density at radius 2 is 2.31 bits per heavy atom. The SMILES string of the molecule is COC(=O)c1sc(Cl)cc1B(O)O. The third-order valence-electron chi connectivity index (χ3n) is 1.38. The Kier molecular flexibility index (Phi) is 3.32. The normalized spacial score (nSPS) is 9.85. The molecule has 2 N–H and O–H groups in total. The zero-order valence-electron chi connectivity index (χ0n) is 6.65. The minimum absolute atomic E-state index is 0.0712. The highest BCUT2D eigenvalue weighted by atomic mass is 35.5. The lowest BCUT2D eigenvalue weighted by Gasteiger charge is -1.98. The molecule has 1 aromatic heterocycles. The molecule has 70 valence electrons. The van der Waals surface area contributed by atoms with E-state index in [1.807, 2.05) is 0 Å². The minimum Gasteiger partial charge on any atom is -0.465 e. The smallest absolute Gasteiger partial charge is 0.465 e. The summed E-state index contributed by atoms with van der Waals surface area (Å²) in [6.07, 6.45) is 0. The van der Waals surface area contributed by atoms with E-state index in [0.717, 1.165) is 11.3 Å². The van der Waals surface area contributed by atoms with Crippen molar-refractivity contribution in [2.24, 2.45) is 0 Å². The Morgan fingerprint density at radius 1 is 1.69 bits per heavy atom. The van der Waals surface area contributed by atoms with Crippen molar-refractivity contribution in [2.45, 2.75) is 0 Å². The zero-order chi connectivity index (χ0) is 10.0. The first kappa shape index (κ1) is 10.5. The van der Waals surface area contributed by atoms with E-state index in [2.05, 4.69) is 4.74 Å². The van der Waals surface area contributed by atoms with Gasteiger partial charge in [0.05, 0.1) is 11.4 Å². The molecule has 0 aliphatic rings. The zero-order valence-corrected chi connectivity index (χ0v) is 8.22. The molecule has 0 amide bonds. The first-order valence-electron chi connectivity index (χ1n) is 3.30. The number of halogens is 1. The van der Waals surface area contributed by atoms with Crippen molar-refractivity contribution in [3.8, 4) is 0 Å². The first-order chi connectivity index (χ1) is 6.06. The van der Waals surface area contributed by atoms with Crippen molar-refractivity contribution in [1.82, 2.24) is 0 Å². The molecule has 0 aliphatic carbocycles. The summed E-state index contributed by atoms with van der Waals surface area (Å²) < 4.78 is 4.74. The van der Waals surface area contributed by atoms with Gasteiger partial charge >= 0.3 is 13.1 Å². The maximum Gasteiger partial charge on any atom is 0.490 e. The lowest BCUT2D eigenvalue weighted by Crippen LogP contribution is -2.32. The number of esters is 1. The number of methoxy groups -OCH3 is 1. The van der Waals surface area contributed by atoms with Gasteiger partial charge in [0.15, 0.2) is 0 Å². The van der Waals surface area contributed by atoms with Gasteiger partial charge < -0.3 is 14.8 Å². The van der Waals surface area contributed by atoms with Crippen LogP contribution in [0.4, 0.5) is 0 Å². The molecule has 0 unspecified atom stereocenters. The van der Waals surface area contributed by atoms with E-state index in [9.17, 15) is 4.79 Å². The number of thiophene rings is 1. The Hall–Kier alpha value is -0.555. The van der Waals surface area contributed by atoms with Crippen LogP contribution in [-0.2, 0) is 4.74 Å². The maximum absolute atomic E-state index is 11.1. The number of carbonyl (C=O) groups is 1. The average Bonchev–Trinajstić information content (AvgIpc) is 2.46. The van der Waals surface area contributed by atoms with Crippen LogP contribution in [0.25, 0.3) is 0 Å². The molecule has 0 fully saturated rings. The number of carbonyl (C=O) groups excluding carboxylic acids is 1. The third-order valence-corrected chi connectivity index (χ3v) is 2.64. The number of hydrogen-bond donors (Lipinski definition) is 2. The summed E-state index contributed by atoms with van der Waals surface area (Å²) in [6, 6.07) is 1.32. The van der Waals surface area contributed by atoms with Gasteiger partial charge in [0.2, 0.25) is 0 Å². The summed E-state index contributed by atoms with van der Waals surface area (Å²) in [5.41, 5.74) is 0.0712. The molecule has 0 atom stereocenters. The lowest BCUT2D eigenvalue weighted by atomic mass is 9.80. The molecule has 1 aromatic rings. The molecule has 13 heavy (non-hydrogen) atoms. The molecular formula is C6H6BClO4S. The van der Waals surface area contributed by atoms with Crippen LogP contribution in [0.2, 0.25) is 4.34 Å². The molecule has 0 radical (unpaired) electrons. The Balaban J connectivity index is 3.11. The van der Waals surface area contributed by atoms with E-state index in [1.165, 1.54) is 13.2 Å². The molecule has 0 saturated carbocycles. The number of rotatable bonds is 2. The highest BCUT2D eigenvalue weighted by Crippen LogP contribution is 2.20. The van der Waals surface area contributed by atoms with E-state index in [4.69, 9.17) is 21.6 Å². The first-order valence-corrected chi connectivity index (χ1v) is 4.49. The summed E-state index contributed by atoms with van der Waals surface area (Å²) in [6.45, 7) is 0. The van der Waals surface area contributed by atoms with Crippen molar-refractivity contribution in [1.29, 1.82) is 0 Å². The molecule has 0 aromatic carbocycles. The standard InChI is InChI=1S/C6H6BClO4S/c1-12-6(9)5-3(7(10)11)2-4(8)13-5/h2,10-11H,1H3. The van der Waals surface area contributed by atoms with Crippen LogP contribution < -0.4 is 5.46 Å². The fourth-order valence-electron chi connectivity index (χ4n) is 0.818. The topological polar surface area (TPSA) is 66.8 Å². The summed E-state index contributed by atoms with van der Waals surface area (Å²) in [7, 11) is -0.499. The Bertz CT molecular complexity index is 324. The molecule has 7 heteroatoms. The van der Waals surface area contributed by atoms with Crippen molar-refractivity contribution < 1.29 is 19.6 Å². The second kappa shape index (κ2) is 4.10. The second-order valence-corrected chi connectivity index (χ2v) is 3.88. The van der Waals surface area contributed by atoms with Gasteiger partial charge in [-0.1, -0.05) is 11.6 Å². The van der Waals surface area contributed by atoms with Crippen LogP contribution >= 0.6 is 22.9 Å². The van der Waals surface area contributed by atoms with Crippen molar-refractivity contribution >= 4 is 41.5 Å². The van der Waals surface area contributed by atoms with Gasteiger partial charge in [-0.05, 0) is 6.07 Å². The summed E-state index contributed by atoms with van der Waals surface area (Å²) in [4.78, 5) is 11.2. The van der Waals surface area contributed by atoms with Gasteiger partial charge in [0, 0.05) is 5.46 Å². The van der Waals surface area contributed by atoms with E-state index in [-0.39, 0.29) is 10.3 Å². The van der Waals surface area contributed by atoms with Crippen LogP contribution in [-0.4, -0.2) is 30.2 Å². The van der Waals surface area contributed by atoms with Crippen molar-refractivity contribution in [3.05, 3.63) is 15.3 Å². The highest BCUT2D eigenvalue weighted by Gasteiger charge is 2.24. The molecular weight excluding hydrogens is 214 g/mol. The summed E-state index contributed by atoms with van der Waals surface area (Å²) >= 11 is 6.55. The van der Waals surface area contributed by atoms with Crippen molar-refractivity contribution in [3.63, 3.8) is 0 Å². The summed E-state index contributed by atoms with van der Waals surface area (Å²) in [5.74, 6) is -0.625. The maximum atomic E-state index is 11.1. The largest absolute Gasteiger partial charge is 0.490 e. The van der Waals surface area contributed by atoms with E-state index in [1.54, 1.807) is 0 Å². The molecule has 0 spiro atoms. The molecule has 4 nitrogen and oxygen atoms in total. The molecule has 1 rings (SSSR count). The quantitative estimate of drug-likeness (QED) is 0.538. The van der Waals surface area contributed by atoms with Gasteiger partial charge in [-0.25, -0.2) is 4.79 Å². The van der Waals surface area contributed by atoms with Gasteiger partial charge in [0.1, 0.15) is 4.88 Å². The fourth-order valence-corrected chi connectivity index (χ4v) is 2.00. The fraction of sp³-hybridized carbons (Fsp3) is 0.167. The Morgan fingerprint density at radius 3 is 2.77 bits per heavy atom. The van der Waals surface area contributed by atoms with Gasteiger partial charge in [0.25, 0.3) is 0 Å². The monoisotopic (exact) mass is 220 g/mol. The molecule has 0 bridgehead atoms. The lowest BCUT2D eigenvalue weighted by molar-refractivity contribution is 0.0607. The minimum atomic E-state index is -1.71. The predicted octanol–water partition coefficient (Wildman–Crippen LogP) is -0.132. The van der Waals surface area contributed by atoms with Gasteiger partial charge in [-0.2, -0.15) is 0 Å². The van der Waals surface area contributed by atoms with Crippen LogP contribution in [0.1, 0.15) is 9.67 Å². The third kappa shape index (κ3) is 2.22. The van der Waals surface area contributed by atoms with E-state index in [0.29, 0.717) is 4.34 Å². The average molecular weight is 220 g/mol. The van der Waals surface area contributed by atoms with Gasteiger partial charge in [-0.15, -0.1) is 11.3 Å². The molecule has 0 aliphatic heterocycles. The highest BCUT2D eigenvalue weighted by molar-refractivity contribution is 7.19. The van der Waals surface area contributed by atoms with E-state index >= 15 is 0 Å².